The average molecular weight is 280 g/mol. The van der Waals surface area contributed by atoms with Gasteiger partial charge in [-0.2, -0.15) is 13.7 Å². The highest BCUT2D eigenvalue weighted by molar-refractivity contribution is 6.99. The molecule has 2 aromatic heterocycles. The summed E-state index contributed by atoms with van der Waals surface area (Å²) < 4.78 is 19.4. The number of rotatable bonds is 2. The van der Waals surface area contributed by atoms with Gasteiger partial charge in [-0.15, -0.1) is 0 Å². The smallest absolute Gasteiger partial charge is 0.279 e. The Labute approximate surface area is 115 Å². The first-order valence-corrected chi connectivity index (χ1v) is 6.92. The molecule has 0 radical (unpaired) electrons. The van der Waals surface area contributed by atoms with Crippen molar-refractivity contribution >= 4 is 11.7 Å². The Kier molecular flexibility index (Phi) is 2.72. The van der Waals surface area contributed by atoms with Gasteiger partial charge in [-0.3, -0.25) is 0 Å². The molecule has 0 aliphatic carbocycles. The predicted octanol–water partition coefficient (Wildman–Crippen LogP) is 2.65. The van der Waals surface area contributed by atoms with Gasteiger partial charge in [0.2, 0.25) is 0 Å². The van der Waals surface area contributed by atoms with E-state index in [0.29, 0.717) is 17.4 Å². The number of aromatic nitrogens is 4. The number of hydrogen-bond donors (Lipinski definition) is 0. The maximum Gasteiger partial charge on any atom is 0.279 e. The molecule has 1 aliphatic rings. The monoisotopic (exact) mass is 280 g/mol. The molecule has 102 valence electrons. The van der Waals surface area contributed by atoms with Crippen LogP contribution in [-0.4, -0.2) is 30.1 Å². The van der Waals surface area contributed by atoms with E-state index in [1.807, 2.05) is 0 Å². The Hall–Kier alpha value is -1.34. The summed E-state index contributed by atoms with van der Waals surface area (Å²) in [7, 11) is 0. The van der Waals surface area contributed by atoms with Gasteiger partial charge < -0.3 is 9.26 Å². The molecule has 1 unspecified atom stereocenters. The van der Waals surface area contributed by atoms with Crippen LogP contribution in [0.25, 0.3) is 11.6 Å². The van der Waals surface area contributed by atoms with Crippen LogP contribution in [0.2, 0.25) is 0 Å². The van der Waals surface area contributed by atoms with E-state index in [9.17, 15) is 0 Å². The summed E-state index contributed by atoms with van der Waals surface area (Å²) in [6, 6.07) is 0. The summed E-state index contributed by atoms with van der Waals surface area (Å²) in [5.74, 6) is 1.22. The zero-order valence-electron chi connectivity index (χ0n) is 11.4. The van der Waals surface area contributed by atoms with Gasteiger partial charge >= 0.3 is 0 Å². The van der Waals surface area contributed by atoms with Crippen molar-refractivity contribution in [2.75, 3.05) is 0 Å². The van der Waals surface area contributed by atoms with Crippen LogP contribution in [0.1, 0.15) is 45.9 Å². The van der Waals surface area contributed by atoms with Crippen LogP contribution in [0.15, 0.2) is 10.7 Å². The van der Waals surface area contributed by atoms with Crippen molar-refractivity contribution in [3.05, 3.63) is 12.0 Å². The first kappa shape index (κ1) is 12.7. The summed E-state index contributed by atoms with van der Waals surface area (Å²) in [6.07, 6.45) is 2.50. The number of hydrogen-bond acceptors (Lipinski definition) is 7. The molecule has 6 nitrogen and oxygen atoms in total. The van der Waals surface area contributed by atoms with Crippen molar-refractivity contribution in [1.82, 2.24) is 18.9 Å². The van der Waals surface area contributed by atoms with Crippen molar-refractivity contribution in [2.24, 2.45) is 0 Å². The molecule has 3 rings (SSSR count). The van der Waals surface area contributed by atoms with Crippen molar-refractivity contribution in [1.29, 1.82) is 0 Å². The molecule has 0 spiro atoms. The van der Waals surface area contributed by atoms with Gasteiger partial charge in [0.1, 0.15) is 0 Å². The SMILES string of the molecule is CC1(C)CC(c2noc(-c3cnsn3)n2)C(C)(C)O1. The van der Waals surface area contributed by atoms with E-state index in [0.717, 1.165) is 18.1 Å². The molecular weight excluding hydrogens is 264 g/mol. The topological polar surface area (TPSA) is 73.9 Å². The average Bonchev–Trinajstić information content (AvgIpc) is 2.97. The fraction of sp³-hybridized carbons (Fsp3) is 0.667. The molecule has 2 aromatic rings. The summed E-state index contributed by atoms with van der Waals surface area (Å²) in [6.45, 7) is 8.29. The number of nitrogens with zero attached hydrogens (tertiary/aromatic N) is 4. The second-order valence-electron chi connectivity index (χ2n) is 5.97. The molecule has 0 amide bonds. The highest BCUT2D eigenvalue weighted by Crippen LogP contribution is 2.46. The van der Waals surface area contributed by atoms with Gasteiger partial charge in [0, 0.05) is 0 Å². The molecule has 3 heterocycles. The largest absolute Gasteiger partial charge is 0.369 e. The molecule has 1 fully saturated rings. The molecule has 1 saturated heterocycles. The minimum atomic E-state index is -0.301. The predicted molar refractivity (Wildman–Crippen MR) is 69.8 cm³/mol. The van der Waals surface area contributed by atoms with Gasteiger partial charge in [-0.25, -0.2) is 0 Å². The molecule has 0 saturated carbocycles. The second kappa shape index (κ2) is 4.08. The third kappa shape index (κ3) is 2.28. The quantitative estimate of drug-likeness (QED) is 0.842. The fourth-order valence-corrected chi connectivity index (χ4v) is 3.11. The number of ether oxygens (including phenoxy) is 1. The van der Waals surface area contributed by atoms with Gasteiger partial charge in [-0.05, 0) is 34.1 Å². The maximum absolute atomic E-state index is 6.06. The Morgan fingerprint density at radius 3 is 2.68 bits per heavy atom. The van der Waals surface area contributed by atoms with Crippen molar-refractivity contribution in [3.8, 4) is 11.6 Å². The Morgan fingerprint density at radius 2 is 2.11 bits per heavy atom. The van der Waals surface area contributed by atoms with E-state index < -0.39 is 0 Å². The minimum Gasteiger partial charge on any atom is -0.369 e. The first-order chi connectivity index (χ1) is 8.87. The Morgan fingerprint density at radius 1 is 1.32 bits per heavy atom. The van der Waals surface area contributed by atoms with Crippen molar-refractivity contribution < 1.29 is 9.26 Å². The standard InChI is InChI=1S/C12H16N4O2S/c1-11(2)5-7(12(3,4)18-11)9-14-10(17-15-9)8-6-13-19-16-8/h6-7H,5H2,1-4H3. The van der Waals surface area contributed by atoms with Crippen LogP contribution < -0.4 is 0 Å². The molecule has 1 atom stereocenters. The van der Waals surface area contributed by atoms with Crippen molar-refractivity contribution in [3.63, 3.8) is 0 Å². The lowest BCUT2D eigenvalue weighted by Crippen LogP contribution is -2.28. The molecular formula is C12H16N4O2S. The lowest BCUT2D eigenvalue weighted by molar-refractivity contribution is -0.0686. The van der Waals surface area contributed by atoms with E-state index >= 15 is 0 Å². The normalized spacial score (nSPS) is 24.7. The Bertz CT molecular complexity index is 576. The summed E-state index contributed by atoms with van der Waals surface area (Å²) in [4.78, 5) is 4.44. The lowest BCUT2D eigenvalue weighted by atomic mass is 9.87. The zero-order valence-corrected chi connectivity index (χ0v) is 12.2. The summed E-state index contributed by atoms with van der Waals surface area (Å²) >= 11 is 1.12. The minimum absolute atomic E-state index is 0.117. The van der Waals surface area contributed by atoms with Crippen molar-refractivity contribution in [2.45, 2.75) is 51.2 Å². The highest BCUT2D eigenvalue weighted by atomic mass is 32.1. The van der Waals surface area contributed by atoms with E-state index in [-0.39, 0.29) is 17.1 Å². The first-order valence-electron chi connectivity index (χ1n) is 6.19. The molecule has 19 heavy (non-hydrogen) atoms. The fourth-order valence-electron chi connectivity index (χ4n) is 2.70. The van der Waals surface area contributed by atoms with E-state index in [1.54, 1.807) is 6.20 Å². The van der Waals surface area contributed by atoms with Gasteiger partial charge in [0.15, 0.2) is 11.5 Å². The van der Waals surface area contributed by atoms with E-state index in [2.05, 4.69) is 46.6 Å². The van der Waals surface area contributed by atoms with Gasteiger partial charge in [0.05, 0.1) is 35.0 Å². The van der Waals surface area contributed by atoms with Gasteiger partial charge in [0.25, 0.3) is 5.89 Å². The lowest BCUT2D eigenvalue weighted by Gasteiger charge is -2.25. The summed E-state index contributed by atoms with van der Waals surface area (Å²) in [5, 5.41) is 4.09. The summed E-state index contributed by atoms with van der Waals surface area (Å²) in [5.41, 5.74) is 0.155. The highest BCUT2D eigenvalue weighted by Gasteiger charge is 2.48. The third-order valence-corrected chi connectivity index (χ3v) is 3.89. The molecule has 0 bridgehead atoms. The van der Waals surface area contributed by atoms with Crippen LogP contribution in [0.4, 0.5) is 0 Å². The van der Waals surface area contributed by atoms with Crippen LogP contribution in [0.3, 0.4) is 0 Å². The zero-order chi connectivity index (χ0) is 13.7. The molecule has 0 aromatic carbocycles. The van der Waals surface area contributed by atoms with Gasteiger partial charge in [-0.1, -0.05) is 5.16 Å². The van der Waals surface area contributed by atoms with E-state index in [4.69, 9.17) is 9.26 Å². The third-order valence-electron chi connectivity index (χ3n) is 3.41. The van der Waals surface area contributed by atoms with E-state index in [1.165, 1.54) is 0 Å². The second-order valence-corrected chi connectivity index (χ2v) is 6.53. The Balaban J connectivity index is 1.91. The molecule has 0 N–H and O–H groups in total. The van der Waals surface area contributed by atoms with Crippen LogP contribution in [0.5, 0.6) is 0 Å². The van der Waals surface area contributed by atoms with Crippen LogP contribution >= 0.6 is 11.7 Å². The maximum atomic E-state index is 6.06. The molecule has 7 heteroatoms. The molecule has 1 aliphatic heterocycles. The van der Waals surface area contributed by atoms with Crippen LogP contribution in [-0.2, 0) is 4.74 Å². The van der Waals surface area contributed by atoms with Crippen LogP contribution in [0, 0.1) is 0 Å².